The van der Waals surface area contributed by atoms with E-state index >= 15 is 0 Å². The Bertz CT molecular complexity index is 1500. The third kappa shape index (κ3) is 5.39. The van der Waals surface area contributed by atoms with Gasteiger partial charge in [0.2, 0.25) is 0 Å². The number of furan rings is 1. The van der Waals surface area contributed by atoms with Crippen molar-refractivity contribution in [3.05, 3.63) is 71.2 Å². The second-order valence-corrected chi connectivity index (χ2v) is 7.49. The zero-order valence-electron chi connectivity index (χ0n) is 19.0. The number of nitrogens with one attached hydrogen (secondary N) is 1. The van der Waals surface area contributed by atoms with E-state index in [1.807, 2.05) is 0 Å². The number of hydrogen-bond acceptors (Lipinski definition) is 8. The van der Waals surface area contributed by atoms with Crippen molar-refractivity contribution in [3.63, 3.8) is 0 Å². The Morgan fingerprint density at radius 3 is 2.70 bits per heavy atom. The minimum atomic E-state index is -3.24. The molecule has 1 aromatic heterocycles. The topological polar surface area (TPSA) is 131 Å². The van der Waals surface area contributed by atoms with Crippen molar-refractivity contribution in [1.29, 1.82) is 0 Å². The Kier molecular flexibility index (Phi) is 7.13. The Hall–Kier alpha value is -4.81. The maximum absolute atomic E-state index is 14.8. The lowest BCUT2D eigenvalue weighted by molar-refractivity contribution is -0.130. The van der Waals surface area contributed by atoms with Crippen molar-refractivity contribution in [2.75, 3.05) is 18.1 Å². The van der Waals surface area contributed by atoms with Crippen molar-refractivity contribution < 1.29 is 46.6 Å². The van der Waals surface area contributed by atoms with Crippen LogP contribution in [0, 0.1) is 5.82 Å². The molecule has 10 nitrogen and oxygen atoms in total. The largest absolute Gasteiger partial charge is 0.480 e. The van der Waals surface area contributed by atoms with E-state index in [9.17, 15) is 32.7 Å². The zero-order chi connectivity index (χ0) is 26.7. The molecule has 0 saturated carbocycles. The van der Waals surface area contributed by atoms with E-state index < -0.39 is 36.2 Å². The molecule has 0 atom stereocenters. The first-order chi connectivity index (χ1) is 17.7. The van der Waals surface area contributed by atoms with E-state index in [1.165, 1.54) is 36.4 Å². The van der Waals surface area contributed by atoms with Crippen molar-refractivity contribution in [1.82, 2.24) is 5.32 Å². The van der Waals surface area contributed by atoms with Crippen molar-refractivity contribution in [2.24, 2.45) is 4.99 Å². The average molecular weight is 517 g/mol. The van der Waals surface area contributed by atoms with Gasteiger partial charge in [0.25, 0.3) is 11.9 Å². The quantitative estimate of drug-likeness (QED) is 0.475. The van der Waals surface area contributed by atoms with E-state index in [4.69, 9.17) is 13.9 Å². The summed E-state index contributed by atoms with van der Waals surface area (Å²) in [6.45, 7) is 1.50. The molecule has 0 bridgehead atoms. The smallest absolute Gasteiger partial charge is 0.419 e. The number of alkyl halides is 2. The predicted octanol–water partition coefficient (Wildman–Crippen LogP) is 3.87. The highest BCUT2D eigenvalue weighted by atomic mass is 19.3. The van der Waals surface area contributed by atoms with Gasteiger partial charge in [-0.05, 0) is 49.4 Å². The summed E-state index contributed by atoms with van der Waals surface area (Å²) in [6.07, 6.45) is -3.29. The summed E-state index contributed by atoms with van der Waals surface area (Å²) in [5.41, 5.74) is 0.0662. The summed E-state index contributed by atoms with van der Waals surface area (Å²) in [6, 6.07) is 9.62. The van der Waals surface area contributed by atoms with Gasteiger partial charge in [-0.25, -0.2) is 19.0 Å². The summed E-state index contributed by atoms with van der Waals surface area (Å²) >= 11 is 0. The molecule has 1 aliphatic rings. The van der Waals surface area contributed by atoms with Crippen LogP contribution in [-0.2, 0) is 14.3 Å². The fourth-order valence-corrected chi connectivity index (χ4v) is 3.40. The summed E-state index contributed by atoms with van der Waals surface area (Å²) in [5, 5.41) is 12.3. The molecule has 4 rings (SSSR count). The van der Waals surface area contributed by atoms with Crippen molar-refractivity contribution >= 4 is 40.3 Å². The van der Waals surface area contributed by atoms with Gasteiger partial charge in [-0.2, -0.15) is 8.78 Å². The van der Waals surface area contributed by atoms with Crippen LogP contribution in [-0.4, -0.2) is 42.7 Å². The average Bonchev–Trinajstić information content (AvgIpc) is 3.32. The highest BCUT2D eigenvalue weighted by Crippen LogP contribution is 2.31. The Morgan fingerprint density at radius 2 is 2.00 bits per heavy atom. The lowest BCUT2D eigenvalue weighted by Gasteiger charge is -2.12. The Balaban J connectivity index is 1.58. The van der Waals surface area contributed by atoms with Gasteiger partial charge >= 0.3 is 18.5 Å². The van der Waals surface area contributed by atoms with Crippen LogP contribution in [0.1, 0.15) is 17.3 Å². The SMILES string of the molecule is CCOC(=O)c1c(O)oc2ccc(=Nc3ccc(N4C/C(=C/NC(=O)C(F)F)OC4=O)cc3F)ccc12. The molecule has 1 fully saturated rings. The molecule has 0 unspecified atom stereocenters. The third-order valence-corrected chi connectivity index (χ3v) is 5.08. The second kappa shape index (κ2) is 10.4. The fraction of sp³-hybridized carbons (Fsp3) is 0.167. The molecule has 0 spiro atoms. The molecule has 37 heavy (non-hydrogen) atoms. The summed E-state index contributed by atoms with van der Waals surface area (Å²) < 4.78 is 54.4. The number of esters is 1. The number of benzene rings is 1. The number of anilines is 1. The number of nitrogens with zero attached hydrogens (tertiary/aromatic N) is 2. The van der Waals surface area contributed by atoms with Crippen LogP contribution in [0.2, 0.25) is 0 Å². The first-order valence-electron chi connectivity index (χ1n) is 10.7. The highest BCUT2D eigenvalue weighted by Gasteiger charge is 2.29. The number of halogens is 3. The second-order valence-electron chi connectivity index (χ2n) is 7.49. The molecular weight excluding hydrogens is 499 g/mol. The van der Waals surface area contributed by atoms with Gasteiger partial charge in [-0.1, -0.05) is 0 Å². The molecule has 2 N–H and O–H groups in total. The highest BCUT2D eigenvalue weighted by molar-refractivity contribution is 6.05. The van der Waals surface area contributed by atoms with E-state index in [0.29, 0.717) is 0 Å². The number of ether oxygens (including phenoxy) is 2. The maximum Gasteiger partial charge on any atom is 0.419 e. The molecule has 0 radical (unpaired) electrons. The van der Waals surface area contributed by atoms with Crippen LogP contribution in [0.3, 0.4) is 0 Å². The number of amides is 2. The normalized spacial score (nSPS) is 14.9. The molecule has 3 aromatic rings. The molecule has 13 heteroatoms. The van der Waals surface area contributed by atoms with Gasteiger partial charge in [-0.15, -0.1) is 0 Å². The van der Waals surface area contributed by atoms with E-state index in [0.717, 1.165) is 17.2 Å². The Labute approximate surface area is 206 Å². The molecule has 2 amide bonds. The molecule has 192 valence electrons. The van der Waals surface area contributed by atoms with E-state index in [2.05, 4.69) is 4.99 Å². The minimum absolute atomic E-state index is 0.0763. The van der Waals surface area contributed by atoms with Crippen LogP contribution in [0.15, 0.2) is 63.8 Å². The van der Waals surface area contributed by atoms with Crippen molar-refractivity contribution in [3.8, 4) is 5.95 Å². The number of carbonyl (C=O) groups is 3. The van der Waals surface area contributed by atoms with Crippen LogP contribution < -0.4 is 15.6 Å². The third-order valence-electron chi connectivity index (χ3n) is 5.08. The predicted molar refractivity (Wildman–Crippen MR) is 122 cm³/mol. The summed E-state index contributed by atoms with van der Waals surface area (Å²) in [5.74, 6) is -3.80. The molecular formula is C24H18F3N3O7. The zero-order valence-corrected chi connectivity index (χ0v) is 19.0. The molecule has 2 aromatic carbocycles. The molecule has 1 saturated heterocycles. The van der Waals surface area contributed by atoms with Crippen LogP contribution in [0.25, 0.3) is 11.0 Å². The van der Waals surface area contributed by atoms with Gasteiger partial charge in [0.15, 0.2) is 11.4 Å². The first-order valence-corrected chi connectivity index (χ1v) is 10.7. The molecule has 1 aliphatic heterocycles. The monoisotopic (exact) mass is 517 g/mol. The van der Waals surface area contributed by atoms with Gasteiger partial charge < -0.3 is 24.3 Å². The number of aromatic hydroxyl groups is 1. The fourth-order valence-electron chi connectivity index (χ4n) is 3.40. The lowest BCUT2D eigenvalue weighted by atomic mass is 10.2. The van der Waals surface area contributed by atoms with Gasteiger partial charge in [0, 0.05) is 11.6 Å². The standard InChI is InChI=1S/C24H18F3N3O7/c1-2-35-22(32)19-15-6-3-12(4-8-18(15)37-23(19)33)29-17-7-5-13(9-16(17)25)30-11-14(36-24(30)34)10-28-21(31)20(26)27/h3-10,20,33H,2,11H2,1H3,(H,28,31)/b14-10-,29-12?. The summed E-state index contributed by atoms with van der Waals surface area (Å²) in [7, 11) is 0. The summed E-state index contributed by atoms with van der Waals surface area (Å²) in [4.78, 5) is 40.5. The van der Waals surface area contributed by atoms with E-state index in [1.54, 1.807) is 12.2 Å². The van der Waals surface area contributed by atoms with Gasteiger partial charge in [0.05, 0.1) is 29.9 Å². The number of hydrogen-bond donors (Lipinski definition) is 2. The van der Waals surface area contributed by atoms with Crippen LogP contribution in [0.4, 0.5) is 29.3 Å². The first kappa shape index (κ1) is 25.3. The number of fused-ring (bicyclic) bond motifs is 1. The molecule has 2 heterocycles. The van der Waals surface area contributed by atoms with Gasteiger partial charge in [-0.3, -0.25) is 9.69 Å². The number of cyclic esters (lactones) is 1. The maximum atomic E-state index is 14.8. The van der Waals surface area contributed by atoms with Crippen LogP contribution >= 0.6 is 0 Å². The lowest BCUT2D eigenvalue weighted by Crippen LogP contribution is -2.25. The van der Waals surface area contributed by atoms with E-state index in [-0.39, 0.29) is 52.2 Å². The van der Waals surface area contributed by atoms with Gasteiger partial charge in [0.1, 0.15) is 11.3 Å². The number of rotatable bonds is 6. The van der Waals surface area contributed by atoms with Crippen LogP contribution in [0.5, 0.6) is 5.95 Å². The molecule has 0 aliphatic carbocycles. The minimum Gasteiger partial charge on any atom is -0.480 e. The van der Waals surface area contributed by atoms with Crippen molar-refractivity contribution in [2.45, 2.75) is 13.3 Å². The Morgan fingerprint density at radius 1 is 1.24 bits per heavy atom. The number of carbonyl (C=O) groups excluding carboxylic acids is 3.